The summed E-state index contributed by atoms with van der Waals surface area (Å²) in [5.74, 6) is -0.413. The first-order chi connectivity index (χ1) is 7.54. The van der Waals surface area contributed by atoms with Crippen molar-refractivity contribution in [1.82, 2.24) is 0 Å². The third kappa shape index (κ3) is 3.02. The van der Waals surface area contributed by atoms with E-state index in [4.69, 9.17) is 17.2 Å². The molecule has 0 radical (unpaired) electrons. The number of amides is 1. The fourth-order valence-corrected chi connectivity index (χ4v) is 1.44. The maximum absolute atomic E-state index is 11.2. The molecule has 0 aromatic heterocycles. The van der Waals surface area contributed by atoms with Crippen LogP contribution in [0.4, 0.5) is 11.4 Å². The normalized spacial score (nSPS) is 11.4. The molecule has 4 heteroatoms. The lowest BCUT2D eigenvalue weighted by atomic mass is 10.0. The minimum absolute atomic E-state index is 0.413. The van der Waals surface area contributed by atoms with Crippen LogP contribution < -0.4 is 17.2 Å². The van der Waals surface area contributed by atoms with Crippen LogP contribution in [0.25, 0.3) is 6.08 Å². The van der Waals surface area contributed by atoms with Gasteiger partial charge in [0.05, 0.1) is 0 Å². The maximum Gasteiger partial charge on any atom is 0.244 e. The number of carbonyl (C=O) groups is 1. The van der Waals surface area contributed by atoms with Gasteiger partial charge in [-0.25, -0.2) is 0 Å². The molecule has 0 fully saturated rings. The molecule has 1 rings (SSSR count). The topological polar surface area (TPSA) is 95.1 Å². The van der Waals surface area contributed by atoms with Crippen molar-refractivity contribution >= 4 is 23.4 Å². The first-order valence-corrected chi connectivity index (χ1v) is 5.20. The van der Waals surface area contributed by atoms with Crippen LogP contribution in [0.1, 0.15) is 25.3 Å². The van der Waals surface area contributed by atoms with E-state index >= 15 is 0 Å². The van der Waals surface area contributed by atoms with Crippen molar-refractivity contribution in [2.45, 2.75) is 19.8 Å². The Kier molecular flexibility index (Phi) is 3.94. The minimum atomic E-state index is -0.413. The molecule has 0 aliphatic heterocycles. The summed E-state index contributed by atoms with van der Waals surface area (Å²) in [6, 6.07) is 5.16. The van der Waals surface area contributed by atoms with Crippen LogP contribution in [-0.2, 0) is 4.79 Å². The highest BCUT2D eigenvalue weighted by atomic mass is 16.1. The Bertz CT molecular complexity index is 424. The van der Waals surface area contributed by atoms with E-state index in [-0.39, 0.29) is 0 Å². The summed E-state index contributed by atoms with van der Waals surface area (Å²) in [7, 11) is 0. The fraction of sp³-hybridized carbons (Fsp3) is 0.250. The fourth-order valence-electron chi connectivity index (χ4n) is 1.44. The van der Waals surface area contributed by atoms with Gasteiger partial charge in [-0.2, -0.15) is 0 Å². The molecule has 16 heavy (non-hydrogen) atoms. The van der Waals surface area contributed by atoms with Crippen molar-refractivity contribution in [3.8, 4) is 0 Å². The monoisotopic (exact) mass is 219 g/mol. The van der Waals surface area contributed by atoms with E-state index in [1.165, 1.54) is 0 Å². The first-order valence-electron chi connectivity index (χ1n) is 5.20. The van der Waals surface area contributed by atoms with E-state index < -0.39 is 5.91 Å². The van der Waals surface area contributed by atoms with Crippen LogP contribution in [-0.4, -0.2) is 5.91 Å². The Balaban J connectivity index is 3.11. The third-order valence-electron chi connectivity index (χ3n) is 2.28. The molecule has 0 saturated heterocycles. The summed E-state index contributed by atoms with van der Waals surface area (Å²) in [4.78, 5) is 11.2. The second kappa shape index (κ2) is 5.21. The molecule has 86 valence electrons. The Hall–Kier alpha value is -1.97. The number of carbonyl (C=O) groups excluding carboxylic acids is 1. The zero-order valence-corrected chi connectivity index (χ0v) is 9.36. The van der Waals surface area contributed by atoms with Crippen molar-refractivity contribution in [3.63, 3.8) is 0 Å². The summed E-state index contributed by atoms with van der Waals surface area (Å²) in [5, 5.41) is 0. The van der Waals surface area contributed by atoms with Crippen molar-refractivity contribution in [1.29, 1.82) is 0 Å². The van der Waals surface area contributed by atoms with E-state index in [9.17, 15) is 4.79 Å². The molecule has 6 N–H and O–H groups in total. The van der Waals surface area contributed by atoms with Gasteiger partial charge in [0.1, 0.15) is 0 Å². The van der Waals surface area contributed by atoms with Crippen molar-refractivity contribution in [3.05, 3.63) is 29.3 Å². The Morgan fingerprint density at radius 3 is 2.62 bits per heavy atom. The predicted octanol–water partition coefficient (Wildman–Crippen LogP) is 1.52. The predicted molar refractivity (Wildman–Crippen MR) is 67.3 cm³/mol. The lowest BCUT2D eigenvalue weighted by Gasteiger charge is -2.05. The standard InChI is InChI=1S/C12H17N3O/c1-2-3-8(12(15)16)6-9-7-10(13)4-5-11(9)14/h4-7H,2-3,13-14H2,1H3,(H2,15,16). The third-order valence-corrected chi connectivity index (χ3v) is 2.28. The molecule has 0 saturated carbocycles. The highest BCUT2D eigenvalue weighted by Gasteiger charge is 2.05. The minimum Gasteiger partial charge on any atom is -0.399 e. The number of hydrogen-bond donors (Lipinski definition) is 3. The number of anilines is 2. The van der Waals surface area contributed by atoms with E-state index in [2.05, 4.69) is 0 Å². The van der Waals surface area contributed by atoms with E-state index in [1.807, 2.05) is 6.92 Å². The van der Waals surface area contributed by atoms with Gasteiger partial charge in [-0.05, 0) is 36.3 Å². The molecule has 0 atom stereocenters. The molecule has 0 unspecified atom stereocenters. The molecule has 0 heterocycles. The molecule has 1 aromatic rings. The second-order valence-electron chi connectivity index (χ2n) is 3.67. The van der Waals surface area contributed by atoms with Gasteiger partial charge in [0, 0.05) is 16.9 Å². The Labute approximate surface area is 95.1 Å². The number of hydrogen-bond acceptors (Lipinski definition) is 3. The van der Waals surface area contributed by atoms with E-state index in [0.717, 1.165) is 12.0 Å². The molecule has 1 amide bonds. The number of nitrogens with two attached hydrogens (primary N) is 3. The van der Waals surface area contributed by atoms with Crippen molar-refractivity contribution < 1.29 is 4.79 Å². The highest BCUT2D eigenvalue weighted by Crippen LogP contribution is 2.20. The summed E-state index contributed by atoms with van der Waals surface area (Å²) < 4.78 is 0. The molecule has 0 aliphatic rings. The SMILES string of the molecule is CCCC(=Cc1cc(N)ccc1N)C(N)=O. The van der Waals surface area contributed by atoms with Crippen LogP contribution in [0, 0.1) is 0 Å². The van der Waals surface area contributed by atoms with Crippen molar-refractivity contribution in [2.75, 3.05) is 11.5 Å². The van der Waals surface area contributed by atoms with Gasteiger partial charge < -0.3 is 17.2 Å². The lowest BCUT2D eigenvalue weighted by Crippen LogP contribution is -2.13. The molecule has 0 aliphatic carbocycles. The van der Waals surface area contributed by atoms with Crippen LogP contribution in [0.15, 0.2) is 23.8 Å². The summed E-state index contributed by atoms with van der Waals surface area (Å²) in [5.41, 5.74) is 19.2. The second-order valence-corrected chi connectivity index (χ2v) is 3.67. The van der Waals surface area contributed by atoms with Crippen LogP contribution in [0.2, 0.25) is 0 Å². The average molecular weight is 219 g/mol. The van der Waals surface area contributed by atoms with E-state index in [1.54, 1.807) is 24.3 Å². The Morgan fingerprint density at radius 1 is 1.38 bits per heavy atom. The number of nitrogen functional groups attached to an aromatic ring is 2. The zero-order valence-electron chi connectivity index (χ0n) is 9.36. The average Bonchev–Trinajstić information content (AvgIpc) is 2.22. The quantitative estimate of drug-likeness (QED) is 0.529. The molecular weight excluding hydrogens is 202 g/mol. The number of rotatable bonds is 4. The molecule has 0 spiro atoms. The van der Waals surface area contributed by atoms with Crippen molar-refractivity contribution in [2.24, 2.45) is 5.73 Å². The van der Waals surface area contributed by atoms with Crippen LogP contribution in [0.3, 0.4) is 0 Å². The maximum atomic E-state index is 11.2. The van der Waals surface area contributed by atoms with Gasteiger partial charge in [0.15, 0.2) is 0 Å². The zero-order chi connectivity index (χ0) is 12.1. The first kappa shape index (κ1) is 12.1. The number of primary amides is 1. The molecular formula is C12H17N3O. The molecule has 1 aromatic carbocycles. The Morgan fingerprint density at radius 2 is 2.06 bits per heavy atom. The van der Waals surface area contributed by atoms with Gasteiger partial charge >= 0.3 is 0 Å². The highest BCUT2D eigenvalue weighted by molar-refractivity contribution is 5.97. The largest absolute Gasteiger partial charge is 0.399 e. The van der Waals surface area contributed by atoms with Gasteiger partial charge in [0.2, 0.25) is 5.91 Å². The summed E-state index contributed by atoms with van der Waals surface area (Å²) in [6.07, 6.45) is 3.21. The summed E-state index contributed by atoms with van der Waals surface area (Å²) in [6.45, 7) is 1.99. The van der Waals surface area contributed by atoms with Crippen LogP contribution >= 0.6 is 0 Å². The number of benzene rings is 1. The van der Waals surface area contributed by atoms with Gasteiger partial charge in [-0.1, -0.05) is 13.3 Å². The van der Waals surface area contributed by atoms with Gasteiger partial charge in [-0.15, -0.1) is 0 Å². The molecule has 0 bridgehead atoms. The van der Waals surface area contributed by atoms with E-state index in [0.29, 0.717) is 23.4 Å². The van der Waals surface area contributed by atoms with Gasteiger partial charge in [-0.3, -0.25) is 4.79 Å². The lowest BCUT2D eigenvalue weighted by molar-refractivity contribution is -0.114. The smallest absolute Gasteiger partial charge is 0.244 e. The summed E-state index contributed by atoms with van der Waals surface area (Å²) >= 11 is 0. The van der Waals surface area contributed by atoms with Gasteiger partial charge in [0.25, 0.3) is 0 Å². The van der Waals surface area contributed by atoms with Crippen LogP contribution in [0.5, 0.6) is 0 Å². The molecule has 4 nitrogen and oxygen atoms in total.